The summed E-state index contributed by atoms with van der Waals surface area (Å²) < 4.78 is 6.58. The average Bonchev–Trinajstić information content (AvgIpc) is 2.88. The van der Waals surface area contributed by atoms with Gasteiger partial charge in [0.2, 0.25) is 17.7 Å². The number of imide groups is 1. The zero-order valence-electron chi connectivity index (χ0n) is 14.8. The van der Waals surface area contributed by atoms with Crippen molar-refractivity contribution in [2.24, 2.45) is 11.8 Å². The van der Waals surface area contributed by atoms with Crippen LogP contribution in [0.15, 0.2) is 28.7 Å². The number of fused-ring (bicyclic) bond motifs is 1. The highest BCUT2D eigenvalue weighted by atomic mass is 79.9. The van der Waals surface area contributed by atoms with Crippen molar-refractivity contribution in [3.05, 3.63) is 28.7 Å². The number of nitrogens with zero attached hydrogens (tertiary/aromatic N) is 2. The van der Waals surface area contributed by atoms with Crippen LogP contribution in [-0.2, 0) is 14.4 Å². The second kappa shape index (κ2) is 8.20. The minimum atomic E-state index is -0.246. The molecule has 140 valence electrons. The molecule has 3 amide bonds. The molecule has 1 aliphatic heterocycles. The van der Waals surface area contributed by atoms with Crippen molar-refractivity contribution in [1.29, 1.82) is 0 Å². The topological polar surface area (TPSA) is 66.9 Å². The van der Waals surface area contributed by atoms with Crippen LogP contribution in [0.5, 0.6) is 5.75 Å². The molecular weight excluding hydrogens is 400 g/mol. The molecule has 2 unspecified atom stereocenters. The van der Waals surface area contributed by atoms with E-state index in [1.165, 1.54) is 4.90 Å². The highest BCUT2D eigenvalue weighted by Crippen LogP contribution is 2.37. The zero-order valence-corrected chi connectivity index (χ0v) is 16.4. The Morgan fingerprint density at radius 3 is 2.31 bits per heavy atom. The summed E-state index contributed by atoms with van der Waals surface area (Å²) in [5.41, 5.74) is 0. The number of halogens is 1. The first-order chi connectivity index (χ1) is 12.5. The summed E-state index contributed by atoms with van der Waals surface area (Å²) in [4.78, 5) is 39.9. The fraction of sp³-hybridized carbons (Fsp3) is 0.526. The molecule has 6 nitrogen and oxygen atoms in total. The van der Waals surface area contributed by atoms with Crippen LogP contribution in [-0.4, -0.2) is 54.3 Å². The van der Waals surface area contributed by atoms with Gasteiger partial charge in [-0.1, -0.05) is 28.8 Å². The predicted molar refractivity (Wildman–Crippen MR) is 99.4 cm³/mol. The van der Waals surface area contributed by atoms with Gasteiger partial charge in [-0.15, -0.1) is 0 Å². The van der Waals surface area contributed by atoms with E-state index in [0.717, 1.165) is 40.8 Å². The third-order valence-corrected chi connectivity index (χ3v) is 5.69. The number of carbonyl (C=O) groups excluding carboxylic acids is 3. The van der Waals surface area contributed by atoms with E-state index in [2.05, 4.69) is 15.9 Å². The number of rotatable bonds is 6. The Bertz CT molecular complexity index is 667. The number of benzene rings is 1. The van der Waals surface area contributed by atoms with Crippen molar-refractivity contribution < 1.29 is 19.1 Å². The summed E-state index contributed by atoms with van der Waals surface area (Å²) >= 11 is 3.36. The third kappa shape index (κ3) is 4.09. The Hall–Kier alpha value is -1.89. The summed E-state index contributed by atoms with van der Waals surface area (Å²) in [6, 6.07) is 7.45. The highest BCUT2D eigenvalue weighted by Gasteiger charge is 2.48. The van der Waals surface area contributed by atoms with Crippen molar-refractivity contribution in [1.82, 2.24) is 9.80 Å². The van der Waals surface area contributed by atoms with Gasteiger partial charge in [-0.2, -0.15) is 0 Å². The molecule has 2 atom stereocenters. The molecule has 1 heterocycles. The summed E-state index contributed by atoms with van der Waals surface area (Å²) in [6.07, 6.45) is 3.48. The molecule has 1 saturated heterocycles. The second-order valence-electron chi connectivity index (χ2n) is 6.88. The predicted octanol–water partition coefficient (Wildman–Crippen LogP) is 2.46. The largest absolute Gasteiger partial charge is 0.492 e. The van der Waals surface area contributed by atoms with Gasteiger partial charge in [-0.25, -0.2) is 0 Å². The zero-order chi connectivity index (χ0) is 18.7. The molecule has 0 aromatic heterocycles. The minimum absolute atomic E-state index is 0.167. The summed E-state index contributed by atoms with van der Waals surface area (Å²) in [7, 11) is 1.66. The molecule has 2 aliphatic rings. The molecule has 2 fully saturated rings. The quantitative estimate of drug-likeness (QED) is 0.660. The van der Waals surface area contributed by atoms with E-state index in [4.69, 9.17) is 4.74 Å². The van der Waals surface area contributed by atoms with Crippen LogP contribution < -0.4 is 4.74 Å². The molecular formula is C19H23BrN2O4. The Morgan fingerprint density at radius 2 is 1.73 bits per heavy atom. The summed E-state index contributed by atoms with van der Waals surface area (Å²) in [5.74, 6) is -0.293. The molecule has 1 aliphatic carbocycles. The fourth-order valence-corrected chi connectivity index (χ4v) is 3.86. The Balaban J connectivity index is 1.48. The van der Waals surface area contributed by atoms with Gasteiger partial charge in [0.1, 0.15) is 18.9 Å². The van der Waals surface area contributed by atoms with E-state index in [0.29, 0.717) is 13.2 Å². The number of ether oxygens (including phenoxy) is 1. The molecule has 0 bridgehead atoms. The molecule has 1 saturated carbocycles. The molecule has 26 heavy (non-hydrogen) atoms. The number of likely N-dealkylation sites (tertiary alicyclic amines) is 1. The smallest absolute Gasteiger partial charge is 0.242 e. The number of likely N-dealkylation sites (N-methyl/N-ethyl adjacent to an activating group) is 1. The molecule has 1 aromatic carbocycles. The normalized spacial score (nSPS) is 22.3. The number of carbonyl (C=O) groups is 3. The van der Waals surface area contributed by atoms with Gasteiger partial charge < -0.3 is 9.64 Å². The maximum atomic E-state index is 12.4. The first-order valence-corrected chi connectivity index (χ1v) is 9.74. The summed E-state index contributed by atoms with van der Waals surface area (Å²) in [5, 5.41) is 0. The number of amides is 3. The molecule has 3 rings (SSSR count). The van der Waals surface area contributed by atoms with Crippen molar-refractivity contribution in [3.8, 4) is 5.75 Å². The first kappa shape index (κ1) is 18.9. The molecule has 0 radical (unpaired) electrons. The van der Waals surface area contributed by atoms with Gasteiger partial charge in [-0.3, -0.25) is 19.3 Å². The minimum Gasteiger partial charge on any atom is -0.492 e. The second-order valence-corrected chi connectivity index (χ2v) is 7.79. The summed E-state index contributed by atoms with van der Waals surface area (Å²) in [6.45, 7) is 0.564. The average molecular weight is 423 g/mol. The Labute approximate surface area is 161 Å². The van der Waals surface area contributed by atoms with Crippen LogP contribution in [0.2, 0.25) is 0 Å². The lowest BCUT2D eigenvalue weighted by atomic mass is 9.81. The van der Waals surface area contributed by atoms with Crippen LogP contribution >= 0.6 is 15.9 Å². The fourth-order valence-electron chi connectivity index (χ4n) is 3.60. The Morgan fingerprint density at radius 1 is 1.15 bits per heavy atom. The van der Waals surface area contributed by atoms with Crippen molar-refractivity contribution in [3.63, 3.8) is 0 Å². The maximum absolute atomic E-state index is 12.4. The van der Waals surface area contributed by atoms with Crippen LogP contribution in [0, 0.1) is 11.8 Å². The third-order valence-electron chi connectivity index (χ3n) is 5.16. The van der Waals surface area contributed by atoms with Crippen LogP contribution in [0.25, 0.3) is 0 Å². The van der Waals surface area contributed by atoms with Gasteiger partial charge in [-0.05, 0) is 37.1 Å². The van der Waals surface area contributed by atoms with Gasteiger partial charge >= 0.3 is 0 Å². The van der Waals surface area contributed by atoms with E-state index >= 15 is 0 Å². The van der Waals surface area contributed by atoms with E-state index in [1.54, 1.807) is 7.05 Å². The highest BCUT2D eigenvalue weighted by molar-refractivity contribution is 9.10. The van der Waals surface area contributed by atoms with Crippen LogP contribution in [0.4, 0.5) is 0 Å². The SMILES string of the molecule is CN(CCOc1ccc(Br)cc1)C(=O)CN1C(=O)C2CCCCC2C1=O. The monoisotopic (exact) mass is 422 g/mol. The van der Waals surface area contributed by atoms with Crippen LogP contribution in [0.3, 0.4) is 0 Å². The van der Waals surface area contributed by atoms with E-state index in [9.17, 15) is 14.4 Å². The van der Waals surface area contributed by atoms with Crippen molar-refractivity contribution in [2.45, 2.75) is 25.7 Å². The standard InChI is InChI=1S/C19H23BrN2O4/c1-21(10-11-26-14-8-6-13(20)7-9-14)17(23)12-22-18(24)15-4-2-3-5-16(15)19(22)25/h6-9,15-16H,2-5,10-12H2,1H3. The lowest BCUT2D eigenvalue weighted by Crippen LogP contribution is -2.42. The van der Waals surface area contributed by atoms with E-state index in [-0.39, 0.29) is 36.1 Å². The molecule has 1 aromatic rings. The van der Waals surface area contributed by atoms with E-state index < -0.39 is 0 Å². The van der Waals surface area contributed by atoms with Crippen molar-refractivity contribution in [2.75, 3.05) is 26.7 Å². The van der Waals surface area contributed by atoms with Gasteiger partial charge in [0.05, 0.1) is 18.4 Å². The van der Waals surface area contributed by atoms with Crippen LogP contribution in [0.1, 0.15) is 25.7 Å². The maximum Gasteiger partial charge on any atom is 0.242 e. The molecule has 7 heteroatoms. The Kier molecular flexibility index (Phi) is 5.96. The number of hydrogen-bond donors (Lipinski definition) is 0. The van der Waals surface area contributed by atoms with Gasteiger partial charge in [0.15, 0.2) is 0 Å². The number of hydrogen-bond acceptors (Lipinski definition) is 4. The lowest BCUT2D eigenvalue weighted by Gasteiger charge is -2.21. The molecule has 0 spiro atoms. The molecule has 0 N–H and O–H groups in total. The van der Waals surface area contributed by atoms with E-state index in [1.807, 2.05) is 24.3 Å². The van der Waals surface area contributed by atoms with Crippen molar-refractivity contribution >= 4 is 33.7 Å². The first-order valence-electron chi connectivity index (χ1n) is 8.95. The van der Waals surface area contributed by atoms with Gasteiger partial charge in [0, 0.05) is 11.5 Å². The van der Waals surface area contributed by atoms with Gasteiger partial charge in [0.25, 0.3) is 0 Å². The lowest BCUT2D eigenvalue weighted by molar-refractivity contribution is -0.146.